The summed E-state index contributed by atoms with van der Waals surface area (Å²) in [4.78, 5) is 15.6. The number of amides is 1. The monoisotopic (exact) mass is 433 g/mol. The van der Waals surface area contributed by atoms with Gasteiger partial charge in [-0.3, -0.25) is 5.32 Å². The summed E-state index contributed by atoms with van der Waals surface area (Å²) in [5.41, 5.74) is 1.71. The van der Waals surface area contributed by atoms with E-state index in [4.69, 9.17) is 9.15 Å². The van der Waals surface area contributed by atoms with Crippen molar-refractivity contribution in [3.63, 3.8) is 0 Å². The van der Waals surface area contributed by atoms with Crippen molar-refractivity contribution in [3.05, 3.63) is 48.2 Å². The van der Waals surface area contributed by atoms with Gasteiger partial charge < -0.3 is 9.15 Å². The van der Waals surface area contributed by atoms with Crippen molar-refractivity contribution in [2.45, 2.75) is 51.2 Å². The molecule has 4 rings (SSSR count). The minimum Gasteiger partial charge on any atom is -0.445 e. The third-order valence-electron chi connectivity index (χ3n) is 6.02. The van der Waals surface area contributed by atoms with Crippen LogP contribution in [0.1, 0.15) is 43.9 Å². The van der Waals surface area contributed by atoms with Crippen LogP contribution in [0.15, 0.2) is 41.3 Å². The van der Waals surface area contributed by atoms with Gasteiger partial charge in [0.25, 0.3) is 0 Å². The lowest BCUT2D eigenvalue weighted by atomic mass is 9.86. The molecule has 30 heavy (non-hydrogen) atoms. The predicted molar refractivity (Wildman–Crippen MR) is 111 cm³/mol. The van der Waals surface area contributed by atoms with E-state index >= 15 is 0 Å². The van der Waals surface area contributed by atoms with Crippen LogP contribution < -0.4 is 5.32 Å². The number of oxazole rings is 1. The van der Waals surface area contributed by atoms with Crippen LogP contribution in [0.5, 0.6) is 0 Å². The van der Waals surface area contributed by atoms with Gasteiger partial charge >= 0.3 is 6.09 Å². The zero-order valence-electron chi connectivity index (χ0n) is 17.0. The number of sulfonamides is 1. The molecule has 0 radical (unpaired) electrons. The van der Waals surface area contributed by atoms with Crippen LogP contribution in [0.25, 0.3) is 0 Å². The molecule has 2 fully saturated rings. The standard InChI is InChI=1S/C21H27N3O5S/c1-2-30(26,27)24-10-7-17(12-21(24)8-9-21)11-16-3-5-18(6-4-16)23-20(25)28-14-19-13-22-15-29-19/h3-6,13,15,17H,2,7-12,14H2,1H3,(H,23,25). The molecule has 9 heteroatoms. The zero-order chi connectivity index (χ0) is 21.2. The third-order valence-corrected chi connectivity index (χ3v) is 7.99. The largest absolute Gasteiger partial charge is 0.445 e. The topological polar surface area (TPSA) is 102 Å². The van der Waals surface area contributed by atoms with Gasteiger partial charge in [0.2, 0.25) is 10.0 Å². The molecular weight excluding hydrogens is 406 g/mol. The molecular formula is C21H27N3O5S. The highest BCUT2D eigenvalue weighted by atomic mass is 32.2. The van der Waals surface area contributed by atoms with Crippen LogP contribution in [0.2, 0.25) is 0 Å². The van der Waals surface area contributed by atoms with Crippen molar-refractivity contribution >= 4 is 21.8 Å². The first-order valence-corrected chi connectivity index (χ1v) is 11.9. The Balaban J connectivity index is 1.28. The lowest BCUT2D eigenvalue weighted by molar-refractivity contribution is 0.146. The van der Waals surface area contributed by atoms with Crippen molar-refractivity contribution in [2.75, 3.05) is 17.6 Å². The Labute approximate surface area is 176 Å². The first kappa shape index (κ1) is 20.9. The van der Waals surface area contributed by atoms with Crippen molar-refractivity contribution in [1.29, 1.82) is 0 Å². The van der Waals surface area contributed by atoms with Gasteiger partial charge in [0.05, 0.1) is 11.9 Å². The van der Waals surface area contributed by atoms with Crippen molar-refractivity contribution in [2.24, 2.45) is 5.92 Å². The molecule has 2 aromatic rings. The van der Waals surface area contributed by atoms with E-state index in [1.807, 2.05) is 24.3 Å². The molecule has 8 nitrogen and oxygen atoms in total. The van der Waals surface area contributed by atoms with E-state index in [9.17, 15) is 13.2 Å². The number of piperidine rings is 1. The van der Waals surface area contributed by atoms with E-state index in [0.717, 1.165) is 32.1 Å². The second kappa shape index (κ2) is 8.39. The van der Waals surface area contributed by atoms with E-state index in [1.54, 1.807) is 11.2 Å². The number of nitrogens with one attached hydrogen (secondary N) is 1. The highest BCUT2D eigenvalue weighted by Gasteiger charge is 2.55. The second-order valence-corrected chi connectivity index (χ2v) is 10.3. The number of hydrogen-bond acceptors (Lipinski definition) is 6. The molecule has 2 aliphatic rings. The summed E-state index contributed by atoms with van der Waals surface area (Å²) in [6.07, 6.45) is 6.90. The van der Waals surface area contributed by atoms with Gasteiger partial charge in [-0.15, -0.1) is 0 Å². The van der Waals surface area contributed by atoms with Crippen molar-refractivity contribution in [3.8, 4) is 0 Å². The maximum Gasteiger partial charge on any atom is 0.412 e. The van der Waals surface area contributed by atoms with E-state index in [0.29, 0.717) is 23.9 Å². The summed E-state index contributed by atoms with van der Waals surface area (Å²) in [7, 11) is -3.13. The van der Waals surface area contributed by atoms with E-state index in [1.165, 1.54) is 18.2 Å². The van der Waals surface area contributed by atoms with Crippen LogP contribution in [-0.2, 0) is 27.8 Å². The molecule has 1 aliphatic heterocycles. The summed E-state index contributed by atoms with van der Waals surface area (Å²) >= 11 is 0. The normalized spacial score (nSPS) is 20.8. The molecule has 1 spiro atoms. The Morgan fingerprint density at radius 2 is 2.10 bits per heavy atom. The Bertz CT molecular complexity index is 969. The highest BCUT2D eigenvalue weighted by Crippen LogP contribution is 2.51. The Kier molecular flexibility index (Phi) is 5.84. The van der Waals surface area contributed by atoms with Crippen molar-refractivity contribution in [1.82, 2.24) is 9.29 Å². The van der Waals surface area contributed by atoms with E-state index in [-0.39, 0.29) is 17.9 Å². The molecule has 1 saturated carbocycles. The molecule has 0 bridgehead atoms. The van der Waals surface area contributed by atoms with Crippen LogP contribution in [-0.4, -0.2) is 41.6 Å². The lowest BCUT2D eigenvalue weighted by Crippen LogP contribution is -2.48. The van der Waals surface area contributed by atoms with Gasteiger partial charge in [-0.2, -0.15) is 4.31 Å². The molecule has 1 aromatic carbocycles. The number of carbonyl (C=O) groups is 1. The predicted octanol–water partition coefficient (Wildman–Crippen LogP) is 3.56. The minimum atomic E-state index is -3.13. The van der Waals surface area contributed by atoms with Crippen molar-refractivity contribution < 1.29 is 22.4 Å². The maximum absolute atomic E-state index is 12.4. The first-order chi connectivity index (χ1) is 14.4. The minimum absolute atomic E-state index is 0.0259. The van der Waals surface area contributed by atoms with E-state index in [2.05, 4.69) is 10.3 Å². The molecule has 1 aromatic heterocycles. The molecule has 162 valence electrons. The fourth-order valence-electron chi connectivity index (χ4n) is 4.30. The number of nitrogens with zero attached hydrogens (tertiary/aromatic N) is 2. The number of hydrogen-bond donors (Lipinski definition) is 1. The molecule has 1 unspecified atom stereocenters. The first-order valence-electron chi connectivity index (χ1n) is 10.3. The molecule has 2 heterocycles. The Hall–Kier alpha value is -2.39. The average Bonchev–Trinajstić information content (AvgIpc) is 3.27. The number of carbonyl (C=O) groups excluding carboxylic acids is 1. The van der Waals surface area contributed by atoms with Crippen LogP contribution in [0, 0.1) is 5.92 Å². The van der Waals surface area contributed by atoms with Gasteiger partial charge in [-0.25, -0.2) is 18.2 Å². The lowest BCUT2D eigenvalue weighted by Gasteiger charge is -2.39. The van der Waals surface area contributed by atoms with Crippen LogP contribution >= 0.6 is 0 Å². The fourth-order valence-corrected chi connectivity index (χ4v) is 5.84. The smallest absolute Gasteiger partial charge is 0.412 e. The molecule has 1 N–H and O–H groups in total. The Morgan fingerprint density at radius 1 is 1.33 bits per heavy atom. The number of anilines is 1. The maximum atomic E-state index is 12.4. The second-order valence-electron chi connectivity index (χ2n) is 8.13. The molecule has 1 saturated heterocycles. The van der Waals surface area contributed by atoms with Gasteiger partial charge in [0.1, 0.15) is 0 Å². The summed E-state index contributed by atoms with van der Waals surface area (Å²) < 4.78 is 36.6. The average molecular weight is 434 g/mol. The van der Waals surface area contributed by atoms with Crippen LogP contribution in [0.3, 0.4) is 0 Å². The number of benzene rings is 1. The van der Waals surface area contributed by atoms with Gasteiger partial charge in [-0.05, 0) is 62.6 Å². The summed E-state index contributed by atoms with van der Waals surface area (Å²) in [6.45, 7) is 2.37. The quantitative estimate of drug-likeness (QED) is 0.716. The number of rotatable bonds is 7. The number of ether oxygens (including phenoxy) is 1. The van der Waals surface area contributed by atoms with Gasteiger partial charge in [-0.1, -0.05) is 12.1 Å². The highest BCUT2D eigenvalue weighted by molar-refractivity contribution is 7.89. The molecule has 1 atom stereocenters. The van der Waals surface area contributed by atoms with Gasteiger partial charge in [0.15, 0.2) is 18.8 Å². The SMILES string of the molecule is CCS(=O)(=O)N1CCC(Cc2ccc(NC(=O)OCc3cnco3)cc2)CC12CC2. The Morgan fingerprint density at radius 3 is 2.73 bits per heavy atom. The summed E-state index contributed by atoms with van der Waals surface area (Å²) in [5, 5.41) is 2.69. The van der Waals surface area contributed by atoms with Gasteiger partial charge in [0, 0.05) is 17.8 Å². The summed E-state index contributed by atoms with van der Waals surface area (Å²) in [5.74, 6) is 1.13. The zero-order valence-corrected chi connectivity index (χ0v) is 17.9. The molecule has 1 amide bonds. The summed E-state index contributed by atoms with van der Waals surface area (Å²) in [6, 6.07) is 7.71. The number of aromatic nitrogens is 1. The molecule has 1 aliphatic carbocycles. The fraction of sp³-hybridized carbons (Fsp3) is 0.524. The third kappa shape index (κ3) is 4.67. The van der Waals surface area contributed by atoms with E-state index < -0.39 is 16.1 Å². The van der Waals surface area contributed by atoms with Crippen LogP contribution in [0.4, 0.5) is 10.5 Å².